The first-order chi connectivity index (χ1) is 7.97. The van der Waals surface area contributed by atoms with Gasteiger partial charge < -0.3 is 4.74 Å². The van der Waals surface area contributed by atoms with Crippen molar-refractivity contribution in [3.63, 3.8) is 0 Å². The van der Waals surface area contributed by atoms with Gasteiger partial charge in [-0.05, 0) is 20.3 Å². The number of carbonyl (C=O) groups excluding carboxylic acids is 3. The largest absolute Gasteiger partial charge is 0.467 e. The Morgan fingerprint density at radius 2 is 2.12 bits per heavy atom. The Labute approximate surface area is 100 Å². The number of allylic oxidation sites excluding steroid dienone is 1. The first-order valence-corrected chi connectivity index (χ1v) is 5.53. The van der Waals surface area contributed by atoms with E-state index in [0.717, 1.165) is 10.5 Å². The lowest BCUT2D eigenvalue weighted by molar-refractivity contribution is -0.155. The lowest BCUT2D eigenvalue weighted by Gasteiger charge is -2.20. The van der Waals surface area contributed by atoms with Crippen molar-refractivity contribution >= 4 is 17.8 Å². The van der Waals surface area contributed by atoms with E-state index >= 15 is 0 Å². The molecule has 5 nitrogen and oxygen atoms in total. The minimum atomic E-state index is -0.745. The summed E-state index contributed by atoms with van der Waals surface area (Å²) < 4.78 is 4.59. The highest BCUT2D eigenvalue weighted by molar-refractivity contribution is 6.02. The van der Waals surface area contributed by atoms with Crippen molar-refractivity contribution in [1.29, 1.82) is 0 Å². The third kappa shape index (κ3) is 3.15. The fraction of sp³-hybridized carbons (Fsp3) is 0.583. The Morgan fingerprint density at radius 1 is 1.47 bits per heavy atom. The summed E-state index contributed by atoms with van der Waals surface area (Å²) in [5, 5.41) is 0. The maximum absolute atomic E-state index is 11.8. The van der Waals surface area contributed by atoms with Gasteiger partial charge in [0, 0.05) is 12.8 Å². The number of hydrogen-bond donors (Lipinski definition) is 0. The van der Waals surface area contributed by atoms with E-state index in [1.54, 1.807) is 6.08 Å². The van der Waals surface area contributed by atoms with Gasteiger partial charge in [-0.1, -0.05) is 11.6 Å². The zero-order valence-corrected chi connectivity index (χ0v) is 10.4. The van der Waals surface area contributed by atoms with E-state index < -0.39 is 12.0 Å². The number of amides is 2. The molecule has 1 saturated heterocycles. The molecule has 0 aromatic carbocycles. The van der Waals surface area contributed by atoms with Crippen LogP contribution in [-0.2, 0) is 19.1 Å². The molecule has 0 aliphatic carbocycles. The molecule has 1 heterocycles. The van der Waals surface area contributed by atoms with Crippen LogP contribution in [0.25, 0.3) is 0 Å². The molecule has 0 spiro atoms. The van der Waals surface area contributed by atoms with Crippen LogP contribution in [0.5, 0.6) is 0 Å². The van der Waals surface area contributed by atoms with E-state index in [-0.39, 0.29) is 24.7 Å². The number of methoxy groups -OCH3 is 1. The molecule has 17 heavy (non-hydrogen) atoms. The highest BCUT2D eigenvalue weighted by Crippen LogP contribution is 2.21. The van der Waals surface area contributed by atoms with Crippen LogP contribution in [0, 0.1) is 0 Å². The number of ether oxygens (including phenoxy) is 1. The Morgan fingerprint density at radius 3 is 2.65 bits per heavy atom. The molecule has 1 aliphatic rings. The van der Waals surface area contributed by atoms with Crippen LogP contribution < -0.4 is 0 Å². The maximum atomic E-state index is 11.8. The molecule has 2 amide bonds. The smallest absolute Gasteiger partial charge is 0.329 e. The van der Waals surface area contributed by atoms with Crippen molar-refractivity contribution in [2.24, 2.45) is 0 Å². The normalized spacial score (nSPS) is 19.1. The van der Waals surface area contributed by atoms with Crippen molar-refractivity contribution in [2.45, 2.75) is 39.2 Å². The zero-order valence-electron chi connectivity index (χ0n) is 10.4. The molecule has 1 rings (SSSR count). The summed E-state index contributed by atoms with van der Waals surface area (Å²) in [6.07, 6.45) is 2.45. The third-order valence-electron chi connectivity index (χ3n) is 2.64. The first-order valence-electron chi connectivity index (χ1n) is 5.53. The molecule has 1 fully saturated rings. The van der Waals surface area contributed by atoms with E-state index in [0.29, 0.717) is 6.42 Å². The number of nitrogens with zero attached hydrogens (tertiary/aromatic N) is 1. The lowest BCUT2D eigenvalue weighted by Crippen LogP contribution is -2.43. The molecule has 1 atom stereocenters. The number of rotatable bonds is 3. The average molecular weight is 239 g/mol. The van der Waals surface area contributed by atoms with E-state index in [2.05, 4.69) is 4.74 Å². The number of likely N-dealkylation sites (tertiary alicyclic amines) is 1. The van der Waals surface area contributed by atoms with Crippen LogP contribution in [-0.4, -0.2) is 35.8 Å². The highest BCUT2D eigenvalue weighted by Gasteiger charge is 2.40. The molecule has 0 N–H and O–H groups in total. The molecule has 1 unspecified atom stereocenters. The topological polar surface area (TPSA) is 63.7 Å². The zero-order chi connectivity index (χ0) is 13.0. The van der Waals surface area contributed by atoms with Crippen LogP contribution in [0.4, 0.5) is 0 Å². The second-order valence-electron chi connectivity index (χ2n) is 4.22. The number of carbonyl (C=O) groups is 3. The van der Waals surface area contributed by atoms with Gasteiger partial charge in [0.15, 0.2) is 0 Å². The summed E-state index contributed by atoms with van der Waals surface area (Å²) >= 11 is 0. The molecular formula is C12H17NO4. The number of imide groups is 1. The molecule has 0 bridgehead atoms. The first kappa shape index (κ1) is 13.4. The monoisotopic (exact) mass is 239 g/mol. The third-order valence-corrected chi connectivity index (χ3v) is 2.64. The van der Waals surface area contributed by atoms with Crippen molar-refractivity contribution < 1.29 is 19.1 Å². The summed E-state index contributed by atoms with van der Waals surface area (Å²) in [6, 6.07) is -0.745. The van der Waals surface area contributed by atoms with Gasteiger partial charge in [-0.3, -0.25) is 14.5 Å². The fourth-order valence-corrected chi connectivity index (χ4v) is 1.75. The summed E-state index contributed by atoms with van der Waals surface area (Å²) in [4.78, 5) is 35.9. The van der Waals surface area contributed by atoms with Gasteiger partial charge in [0.05, 0.1) is 7.11 Å². The van der Waals surface area contributed by atoms with Crippen molar-refractivity contribution in [3.05, 3.63) is 11.6 Å². The minimum Gasteiger partial charge on any atom is -0.467 e. The second-order valence-corrected chi connectivity index (χ2v) is 4.22. The molecule has 0 radical (unpaired) electrons. The van der Waals surface area contributed by atoms with Crippen LogP contribution >= 0.6 is 0 Å². The summed E-state index contributed by atoms with van der Waals surface area (Å²) in [5.74, 6) is -1.17. The Kier molecular flexibility index (Phi) is 4.43. The van der Waals surface area contributed by atoms with Gasteiger partial charge >= 0.3 is 5.97 Å². The minimum absolute atomic E-state index is 0.140. The average Bonchev–Trinajstić information content (AvgIpc) is 2.67. The SMILES string of the molecule is COC(=O)C1CCC(=O)N1C(=O)CC=C(C)C. The van der Waals surface area contributed by atoms with Crippen LogP contribution in [0.2, 0.25) is 0 Å². The summed E-state index contributed by atoms with van der Waals surface area (Å²) in [7, 11) is 1.25. The molecule has 5 heteroatoms. The second kappa shape index (κ2) is 5.61. The number of hydrogen-bond acceptors (Lipinski definition) is 4. The van der Waals surface area contributed by atoms with Gasteiger partial charge in [0.25, 0.3) is 0 Å². The molecule has 0 aromatic heterocycles. The maximum Gasteiger partial charge on any atom is 0.329 e. The van der Waals surface area contributed by atoms with Crippen molar-refractivity contribution in [3.8, 4) is 0 Å². The highest BCUT2D eigenvalue weighted by atomic mass is 16.5. The van der Waals surface area contributed by atoms with E-state index in [4.69, 9.17) is 0 Å². The van der Waals surface area contributed by atoms with Crippen LogP contribution in [0.15, 0.2) is 11.6 Å². The number of esters is 1. The van der Waals surface area contributed by atoms with Gasteiger partial charge in [-0.2, -0.15) is 0 Å². The van der Waals surface area contributed by atoms with Gasteiger partial charge in [-0.15, -0.1) is 0 Å². The van der Waals surface area contributed by atoms with Gasteiger partial charge in [0.1, 0.15) is 6.04 Å². The van der Waals surface area contributed by atoms with Crippen LogP contribution in [0.3, 0.4) is 0 Å². The Hall–Kier alpha value is -1.65. The molecule has 0 saturated carbocycles. The predicted octanol–water partition coefficient (Wildman–Crippen LogP) is 1.03. The predicted molar refractivity (Wildman–Crippen MR) is 60.9 cm³/mol. The van der Waals surface area contributed by atoms with Gasteiger partial charge in [-0.25, -0.2) is 4.79 Å². The summed E-state index contributed by atoms with van der Waals surface area (Å²) in [5.41, 5.74) is 1.000. The molecule has 1 aliphatic heterocycles. The van der Waals surface area contributed by atoms with Crippen molar-refractivity contribution in [1.82, 2.24) is 4.90 Å². The van der Waals surface area contributed by atoms with Crippen LogP contribution in [0.1, 0.15) is 33.1 Å². The lowest BCUT2D eigenvalue weighted by atomic mass is 10.2. The quantitative estimate of drug-likeness (QED) is 0.545. The fourth-order valence-electron chi connectivity index (χ4n) is 1.75. The van der Waals surface area contributed by atoms with E-state index in [1.165, 1.54) is 7.11 Å². The van der Waals surface area contributed by atoms with Crippen molar-refractivity contribution in [2.75, 3.05) is 7.11 Å². The molecule has 0 aromatic rings. The van der Waals surface area contributed by atoms with Gasteiger partial charge in [0.2, 0.25) is 11.8 Å². The molecule has 94 valence electrons. The van der Waals surface area contributed by atoms with E-state index in [1.807, 2.05) is 13.8 Å². The molecular weight excluding hydrogens is 222 g/mol. The summed E-state index contributed by atoms with van der Waals surface area (Å²) in [6.45, 7) is 3.74. The Bertz CT molecular complexity index is 369. The Balaban J connectivity index is 2.77. The van der Waals surface area contributed by atoms with E-state index in [9.17, 15) is 14.4 Å². The standard InChI is InChI=1S/C12H17NO4/c1-8(2)4-6-10(14)13-9(12(16)17-3)5-7-11(13)15/h4,9H,5-7H2,1-3H3.